The summed E-state index contributed by atoms with van der Waals surface area (Å²) >= 11 is 4.72. The highest BCUT2D eigenvalue weighted by Gasteiger charge is 2.23. The Morgan fingerprint density at radius 1 is 1.04 bits per heavy atom. The number of hydrogen-bond acceptors (Lipinski definition) is 5. The van der Waals surface area contributed by atoms with Crippen molar-refractivity contribution >= 4 is 39.2 Å². The smallest absolute Gasteiger partial charge is 0.351 e. The van der Waals surface area contributed by atoms with E-state index < -0.39 is 0 Å². The van der Waals surface area contributed by atoms with Gasteiger partial charge in [-0.3, -0.25) is 0 Å². The van der Waals surface area contributed by atoms with E-state index >= 15 is 0 Å². The number of aromatic nitrogens is 1. The van der Waals surface area contributed by atoms with E-state index in [0.29, 0.717) is 29.0 Å². The Kier molecular flexibility index (Phi) is 6.41. The third kappa shape index (κ3) is 4.51. The molecule has 0 atom stereocenters. The first-order chi connectivity index (χ1) is 12.7. The van der Waals surface area contributed by atoms with Crippen LogP contribution in [0.25, 0.3) is 0 Å². The monoisotopic (exact) mass is 430 g/mol. The molecule has 134 valence electrons. The van der Waals surface area contributed by atoms with Gasteiger partial charge in [0.25, 0.3) is 0 Å². The molecule has 0 aliphatic heterocycles. The second-order valence-corrected chi connectivity index (χ2v) is 7.26. The Balaban J connectivity index is 1.91. The Hall–Kier alpha value is -2.18. The summed E-state index contributed by atoms with van der Waals surface area (Å²) in [4.78, 5) is 14.8. The van der Waals surface area contributed by atoms with Gasteiger partial charge in [-0.25, -0.2) is 4.79 Å². The SMILES string of the molecule is CCOC(=O)c1snc(N(Cc2ccccc2)Cc2ccccc2)c1Br. The molecule has 0 fully saturated rings. The minimum Gasteiger partial charge on any atom is -0.462 e. The Morgan fingerprint density at radius 2 is 1.58 bits per heavy atom. The van der Waals surface area contributed by atoms with Gasteiger partial charge in [-0.15, -0.1) is 0 Å². The van der Waals surface area contributed by atoms with Crippen molar-refractivity contribution in [1.29, 1.82) is 0 Å². The van der Waals surface area contributed by atoms with Crippen molar-refractivity contribution in [2.75, 3.05) is 11.5 Å². The summed E-state index contributed by atoms with van der Waals surface area (Å²) in [5, 5.41) is 0. The average molecular weight is 431 g/mol. The van der Waals surface area contributed by atoms with Crippen LogP contribution in [0.1, 0.15) is 27.7 Å². The van der Waals surface area contributed by atoms with Crippen molar-refractivity contribution in [2.24, 2.45) is 0 Å². The molecule has 0 spiro atoms. The van der Waals surface area contributed by atoms with Gasteiger partial charge in [-0.05, 0) is 45.5 Å². The lowest BCUT2D eigenvalue weighted by Crippen LogP contribution is -2.23. The Bertz CT molecular complexity index is 811. The molecule has 0 aliphatic carbocycles. The van der Waals surface area contributed by atoms with Crippen molar-refractivity contribution < 1.29 is 9.53 Å². The minimum atomic E-state index is -0.345. The van der Waals surface area contributed by atoms with Crippen LogP contribution in [0.15, 0.2) is 65.1 Å². The number of carbonyl (C=O) groups is 1. The zero-order valence-corrected chi connectivity index (χ0v) is 16.8. The van der Waals surface area contributed by atoms with Crippen LogP contribution in [-0.2, 0) is 17.8 Å². The maximum absolute atomic E-state index is 12.1. The van der Waals surface area contributed by atoms with Crippen LogP contribution in [0.2, 0.25) is 0 Å². The molecule has 26 heavy (non-hydrogen) atoms. The van der Waals surface area contributed by atoms with Crippen molar-refractivity contribution in [3.63, 3.8) is 0 Å². The first-order valence-corrected chi connectivity index (χ1v) is 9.90. The third-order valence-electron chi connectivity index (χ3n) is 3.81. The number of rotatable bonds is 7. The summed E-state index contributed by atoms with van der Waals surface area (Å²) in [6.07, 6.45) is 0. The number of nitrogens with zero attached hydrogens (tertiary/aromatic N) is 2. The quantitative estimate of drug-likeness (QED) is 0.477. The normalized spacial score (nSPS) is 10.5. The number of esters is 1. The van der Waals surface area contributed by atoms with E-state index in [4.69, 9.17) is 4.74 Å². The molecule has 1 aromatic heterocycles. The fourth-order valence-electron chi connectivity index (χ4n) is 2.60. The van der Waals surface area contributed by atoms with Crippen molar-refractivity contribution in [3.8, 4) is 0 Å². The third-order valence-corrected chi connectivity index (χ3v) is 5.64. The number of benzene rings is 2. The molecule has 0 amide bonds. The summed E-state index contributed by atoms with van der Waals surface area (Å²) in [7, 11) is 0. The largest absolute Gasteiger partial charge is 0.462 e. The Morgan fingerprint density at radius 3 is 2.08 bits per heavy atom. The molecule has 0 saturated carbocycles. The van der Waals surface area contributed by atoms with Crippen LogP contribution in [0.3, 0.4) is 0 Å². The summed E-state index contributed by atoms with van der Waals surface area (Å²) in [6.45, 7) is 3.53. The highest BCUT2D eigenvalue weighted by molar-refractivity contribution is 9.10. The highest BCUT2D eigenvalue weighted by Crippen LogP contribution is 2.34. The summed E-state index contributed by atoms with van der Waals surface area (Å²) in [5.41, 5.74) is 2.36. The molecule has 2 aromatic carbocycles. The maximum atomic E-state index is 12.1. The van der Waals surface area contributed by atoms with Crippen LogP contribution in [0.4, 0.5) is 5.82 Å². The summed E-state index contributed by atoms with van der Waals surface area (Å²) in [6, 6.07) is 20.5. The van der Waals surface area contributed by atoms with Gasteiger partial charge in [0.2, 0.25) is 0 Å². The van der Waals surface area contributed by atoms with Crippen LogP contribution in [0, 0.1) is 0 Å². The van der Waals surface area contributed by atoms with Gasteiger partial charge < -0.3 is 9.64 Å². The molecule has 0 aliphatic rings. The van der Waals surface area contributed by atoms with Gasteiger partial charge in [0.1, 0.15) is 4.88 Å². The fourth-order valence-corrected chi connectivity index (χ4v) is 4.13. The molecule has 0 N–H and O–H groups in total. The number of anilines is 1. The van der Waals surface area contributed by atoms with Crippen molar-refractivity contribution in [2.45, 2.75) is 20.0 Å². The van der Waals surface area contributed by atoms with E-state index in [1.807, 2.05) is 36.4 Å². The molecule has 1 heterocycles. The minimum absolute atomic E-state index is 0.344. The van der Waals surface area contributed by atoms with E-state index in [0.717, 1.165) is 17.4 Å². The lowest BCUT2D eigenvalue weighted by molar-refractivity contribution is 0.0531. The van der Waals surface area contributed by atoms with E-state index in [1.165, 1.54) is 11.1 Å². The average Bonchev–Trinajstić information content (AvgIpc) is 3.05. The van der Waals surface area contributed by atoms with Crippen LogP contribution in [-0.4, -0.2) is 16.9 Å². The van der Waals surface area contributed by atoms with Gasteiger partial charge in [-0.2, -0.15) is 4.37 Å². The molecular weight excluding hydrogens is 412 g/mol. The first kappa shape index (κ1) is 18.6. The van der Waals surface area contributed by atoms with Crippen LogP contribution < -0.4 is 4.90 Å². The van der Waals surface area contributed by atoms with Gasteiger partial charge in [0.15, 0.2) is 5.82 Å². The molecular formula is C20H19BrN2O2S. The topological polar surface area (TPSA) is 42.4 Å². The van der Waals surface area contributed by atoms with E-state index in [-0.39, 0.29) is 5.97 Å². The molecule has 0 unspecified atom stereocenters. The standard InChI is InChI=1S/C20H19BrN2O2S/c1-2-25-20(24)18-17(21)19(22-26-18)23(13-15-9-5-3-6-10-15)14-16-11-7-4-8-12-16/h3-12H,2,13-14H2,1H3. The maximum Gasteiger partial charge on any atom is 0.351 e. The molecule has 0 bridgehead atoms. The fraction of sp³-hybridized carbons (Fsp3) is 0.200. The number of halogens is 1. The summed E-state index contributed by atoms with van der Waals surface area (Å²) < 4.78 is 10.3. The lowest BCUT2D eigenvalue weighted by Gasteiger charge is -2.23. The highest BCUT2D eigenvalue weighted by atomic mass is 79.9. The van der Waals surface area contributed by atoms with E-state index in [2.05, 4.69) is 49.5 Å². The van der Waals surface area contributed by atoms with Crippen molar-refractivity contribution in [1.82, 2.24) is 4.37 Å². The van der Waals surface area contributed by atoms with E-state index in [9.17, 15) is 4.79 Å². The van der Waals surface area contributed by atoms with Gasteiger partial charge in [0.05, 0.1) is 11.1 Å². The lowest BCUT2D eigenvalue weighted by atomic mass is 10.1. The van der Waals surface area contributed by atoms with Gasteiger partial charge in [0, 0.05) is 13.1 Å². The molecule has 4 nitrogen and oxygen atoms in total. The van der Waals surface area contributed by atoms with Crippen LogP contribution >= 0.6 is 27.5 Å². The molecule has 3 rings (SSSR count). The first-order valence-electron chi connectivity index (χ1n) is 8.34. The molecule has 0 radical (unpaired) electrons. The molecule has 3 aromatic rings. The predicted molar refractivity (Wildman–Crippen MR) is 109 cm³/mol. The molecule has 6 heteroatoms. The second-order valence-electron chi connectivity index (χ2n) is 5.70. The van der Waals surface area contributed by atoms with Crippen molar-refractivity contribution in [3.05, 3.63) is 81.1 Å². The number of hydrogen-bond donors (Lipinski definition) is 0. The predicted octanol–water partition coefficient (Wildman–Crippen LogP) is 5.29. The van der Waals surface area contributed by atoms with Gasteiger partial charge in [-0.1, -0.05) is 60.7 Å². The second kappa shape index (κ2) is 8.96. The number of carbonyl (C=O) groups excluding carboxylic acids is 1. The molecule has 0 saturated heterocycles. The number of ether oxygens (including phenoxy) is 1. The summed E-state index contributed by atoms with van der Waals surface area (Å²) in [5.74, 6) is 0.410. The Labute approximate surface area is 165 Å². The van der Waals surface area contributed by atoms with E-state index in [1.54, 1.807) is 6.92 Å². The van der Waals surface area contributed by atoms with Crippen LogP contribution in [0.5, 0.6) is 0 Å². The zero-order chi connectivity index (χ0) is 18.4. The van der Waals surface area contributed by atoms with Gasteiger partial charge >= 0.3 is 5.97 Å². The zero-order valence-electron chi connectivity index (χ0n) is 14.4.